The van der Waals surface area contributed by atoms with E-state index in [9.17, 15) is 4.79 Å². The monoisotopic (exact) mass is 302 g/mol. The Bertz CT molecular complexity index is 625. The number of hydrogen-bond donors (Lipinski definition) is 1. The maximum Gasteiger partial charge on any atom is 0.256 e. The Morgan fingerprint density at radius 2 is 2.27 bits per heavy atom. The van der Waals surface area contributed by atoms with Crippen molar-refractivity contribution in [1.29, 1.82) is 0 Å². The summed E-state index contributed by atoms with van der Waals surface area (Å²) in [5.74, 6) is 1.36. The van der Waals surface area contributed by atoms with Gasteiger partial charge in [-0.3, -0.25) is 9.89 Å². The summed E-state index contributed by atoms with van der Waals surface area (Å²) < 4.78 is 5.47. The third-order valence-corrected chi connectivity index (χ3v) is 3.59. The number of hydrogen-bond acceptors (Lipinski definition) is 6. The van der Waals surface area contributed by atoms with Gasteiger partial charge < -0.3 is 14.5 Å². The highest BCUT2D eigenvalue weighted by Crippen LogP contribution is 2.23. The summed E-state index contributed by atoms with van der Waals surface area (Å²) in [6, 6.07) is 3.37. The van der Waals surface area contributed by atoms with Crippen LogP contribution in [0.15, 0.2) is 24.7 Å². The van der Waals surface area contributed by atoms with Crippen LogP contribution in [0.4, 0.5) is 5.82 Å². The molecule has 2 aromatic heterocycles. The predicted molar refractivity (Wildman–Crippen MR) is 79.5 cm³/mol. The van der Waals surface area contributed by atoms with E-state index in [-0.39, 0.29) is 11.9 Å². The zero-order valence-corrected chi connectivity index (χ0v) is 12.6. The fourth-order valence-electron chi connectivity index (χ4n) is 2.39. The Kier molecular flexibility index (Phi) is 4.01. The number of anilines is 1. The first-order valence-electron chi connectivity index (χ1n) is 7.04. The van der Waals surface area contributed by atoms with E-state index in [0.29, 0.717) is 31.1 Å². The largest absolute Gasteiger partial charge is 0.377 e. The van der Waals surface area contributed by atoms with E-state index in [2.05, 4.69) is 20.2 Å². The van der Waals surface area contributed by atoms with E-state index in [1.807, 2.05) is 25.1 Å². The molecule has 0 aliphatic carbocycles. The van der Waals surface area contributed by atoms with Gasteiger partial charge >= 0.3 is 0 Å². The van der Waals surface area contributed by atoms with Gasteiger partial charge in [-0.1, -0.05) is 0 Å². The molecule has 22 heavy (non-hydrogen) atoms. The molecule has 1 aliphatic heterocycles. The summed E-state index contributed by atoms with van der Waals surface area (Å²) in [4.78, 5) is 24.8. The van der Waals surface area contributed by atoms with Crippen molar-refractivity contribution < 1.29 is 9.53 Å². The van der Waals surface area contributed by atoms with E-state index in [4.69, 9.17) is 4.74 Å². The highest BCUT2D eigenvalue weighted by Gasteiger charge is 2.31. The number of amides is 1. The van der Waals surface area contributed by atoms with Gasteiger partial charge in [0.15, 0.2) is 0 Å². The zero-order chi connectivity index (χ0) is 15.5. The molecule has 3 heterocycles. The molecular weight excluding hydrogens is 284 g/mol. The molecule has 8 nitrogen and oxygen atoms in total. The predicted octanol–water partition coefficient (Wildman–Crippen LogP) is 0.479. The molecule has 0 bridgehead atoms. The van der Waals surface area contributed by atoms with Crippen molar-refractivity contribution in [2.45, 2.75) is 6.04 Å². The maximum atomic E-state index is 12.7. The number of aromatic nitrogens is 4. The van der Waals surface area contributed by atoms with Crippen LogP contribution in [0, 0.1) is 0 Å². The summed E-state index contributed by atoms with van der Waals surface area (Å²) >= 11 is 0. The number of pyridine rings is 1. The van der Waals surface area contributed by atoms with Gasteiger partial charge in [-0.15, -0.1) is 0 Å². The minimum atomic E-state index is -0.253. The lowest BCUT2D eigenvalue weighted by molar-refractivity contribution is -0.00514. The van der Waals surface area contributed by atoms with E-state index < -0.39 is 0 Å². The molecule has 1 N–H and O–H groups in total. The summed E-state index contributed by atoms with van der Waals surface area (Å²) in [6.45, 7) is 1.43. The molecule has 0 unspecified atom stereocenters. The van der Waals surface area contributed by atoms with Gasteiger partial charge in [-0.25, -0.2) is 9.97 Å². The van der Waals surface area contributed by atoms with Crippen LogP contribution in [0.3, 0.4) is 0 Å². The second kappa shape index (κ2) is 6.10. The maximum absolute atomic E-state index is 12.7. The molecular formula is C14H18N6O2. The molecule has 0 saturated carbocycles. The number of nitrogens with zero attached hydrogens (tertiary/aromatic N) is 5. The Labute approximate surface area is 128 Å². The number of rotatable bonds is 3. The minimum Gasteiger partial charge on any atom is -0.377 e. The molecule has 1 amide bonds. The molecule has 2 aromatic rings. The lowest BCUT2D eigenvalue weighted by Crippen LogP contribution is -2.43. The Morgan fingerprint density at radius 3 is 2.91 bits per heavy atom. The third kappa shape index (κ3) is 2.77. The Morgan fingerprint density at radius 1 is 1.41 bits per heavy atom. The van der Waals surface area contributed by atoms with Gasteiger partial charge in [0.05, 0.1) is 18.8 Å². The van der Waals surface area contributed by atoms with Gasteiger partial charge in [0.2, 0.25) is 0 Å². The van der Waals surface area contributed by atoms with Crippen LogP contribution in [0.1, 0.15) is 22.2 Å². The van der Waals surface area contributed by atoms with Crippen LogP contribution in [-0.2, 0) is 4.74 Å². The van der Waals surface area contributed by atoms with Crippen LogP contribution in [0.5, 0.6) is 0 Å². The van der Waals surface area contributed by atoms with Crippen molar-refractivity contribution in [2.24, 2.45) is 0 Å². The molecule has 0 aromatic carbocycles. The Balaban J connectivity index is 1.82. The van der Waals surface area contributed by atoms with Crippen molar-refractivity contribution in [3.05, 3.63) is 36.0 Å². The van der Waals surface area contributed by atoms with E-state index in [0.717, 1.165) is 5.82 Å². The zero-order valence-electron chi connectivity index (χ0n) is 12.6. The highest BCUT2D eigenvalue weighted by molar-refractivity contribution is 5.94. The van der Waals surface area contributed by atoms with Crippen LogP contribution in [0.25, 0.3) is 0 Å². The molecule has 1 saturated heterocycles. The fraction of sp³-hybridized carbons (Fsp3) is 0.429. The average Bonchev–Trinajstić information content (AvgIpc) is 3.08. The van der Waals surface area contributed by atoms with Crippen LogP contribution in [-0.4, -0.2) is 64.8 Å². The van der Waals surface area contributed by atoms with E-state index in [1.54, 1.807) is 17.2 Å². The third-order valence-electron chi connectivity index (χ3n) is 3.59. The number of aromatic amines is 1. The standard InChI is InChI=1S/C14H18N6O2/c1-19(2)12-4-3-10(7-15-12)14(21)20-5-6-22-8-11(20)13-16-9-17-18-13/h3-4,7,9,11H,5-6,8H2,1-2H3,(H,16,17,18)/t11-/m0/s1. The first-order valence-corrected chi connectivity index (χ1v) is 7.04. The lowest BCUT2D eigenvalue weighted by atomic mass is 10.1. The number of H-pyrrole nitrogens is 1. The molecule has 3 rings (SSSR count). The smallest absolute Gasteiger partial charge is 0.256 e. The number of ether oxygens (including phenoxy) is 1. The van der Waals surface area contributed by atoms with E-state index >= 15 is 0 Å². The summed E-state index contributed by atoms with van der Waals surface area (Å²) in [5, 5.41) is 6.66. The normalized spacial score (nSPS) is 18.3. The molecule has 8 heteroatoms. The van der Waals surface area contributed by atoms with Gasteiger partial charge in [-0.05, 0) is 12.1 Å². The second-order valence-electron chi connectivity index (χ2n) is 5.26. The first kappa shape index (κ1) is 14.5. The highest BCUT2D eigenvalue weighted by atomic mass is 16.5. The summed E-state index contributed by atoms with van der Waals surface area (Å²) in [5.41, 5.74) is 0.553. The van der Waals surface area contributed by atoms with Crippen molar-refractivity contribution in [1.82, 2.24) is 25.1 Å². The van der Waals surface area contributed by atoms with Crippen LogP contribution >= 0.6 is 0 Å². The average molecular weight is 302 g/mol. The molecule has 0 spiro atoms. The summed E-state index contributed by atoms with van der Waals surface area (Å²) in [6.07, 6.45) is 3.03. The molecule has 0 radical (unpaired) electrons. The van der Waals surface area contributed by atoms with Gasteiger partial charge in [0.25, 0.3) is 5.91 Å². The summed E-state index contributed by atoms with van der Waals surface area (Å²) in [7, 11) is 3.82. The number of carbonyl (C=O) groups is 1. The van der Waals surface area contributed by atoms with Crippen LogP contribution in [0.2, 0.25) is 0 Å². The van der Waals surface area contributed by atoms with Crippen molar-refractivity contribution in [3.63, 3.8) is 0 Å². The van der Waals surface area contributed by atoms with Crippen molar-refractivity contribution >= 4 is 11.7 Å². The SMILES string of the molecule is CN(C)c1ccc(C(=O)N2CCOC[C@H]2c2ncn[nH]2)cn1. The number of nitrogens with one attached hydrogen (secondary N) is 1. The molecule has 1 fully saturated rings. The van der Waals surface area contributed by atoms with Crippen molar-refractivity contribution in [3.8, 4) is 0 Å². The van der Waals surface area contributed by atoms with Crippen LogP contribution < -0.4 is 4.90 Å². The topological polar surface area (TPSA) is 87.2 Å². The van der Waals surface area contributed by atoms with Gasteiger partial charge in [0, 0.05) is 26.8 Å². The molecule has 1 atom stereocenters. The minimum absolute atomic E-state index is 0.0810. The molecule has 116 valence electrons. The van der Waals surface area contributed by atoms with E-state index in [1.165, 1.54) is 6.33 Å². The number of carbonyl (C=O) groups excluding carboxylic acids is 1. The second-order valence-corrected chi connectivity index (χ2v) is 5.26. The van der Waals surface area contributed by atoms with Gasteiger partial charge in [0.1, 0.15) is 24.0 Å². The van der Waals surface area contributed by atoms with Crippen molar-refractivity contribution in [2.75, 3.05) is 38.8 Å². The Hall–Kier alpha value is -2.48. The fourth-order valence-corrected chi connectivity index (χ4v) is 2.39. The quantitative estimate of drug-likeness (QED) is 0.887. The van der Waals surface area contributed by atoms with Gasteiger partial charge in [-0.2, -0.15) is 5.10 Å². The first-order chi connectivity index (χ1) is 10.7. The number of morpholine rings is 1. The lowest BCUT2D eigenvalue weighted by Gasteiger charge is -2.34. The molecule has 1 aliphatic rings.